The minimum atomic E-state index is -3.94. The predicted molar refractivity (Wildman–Crippen MR) is 177 cm³/mol. The van der Waals surface area contributed by atoms with Gasteiger partial charge in [0.1, 0.15) is 35.1 Å². The molecule has 0 unspecified atom stereocenters. The minimum absolute atomic E-state index is 0.0135. The van der Waals surface area contributed by atoms with Crippen molar-refractivity contribution in [1.29, 1.82) is 0 Å². The van der Waals surface area contributed by atoms with Gasteiger partial charge in [0, 0.05) is 31.1 Å². The molecule has 278 valence electrons. The number of fused-ring (bicyclic) bond motifs is 3. The Bertz CT molecular complexity index is 1730. The lowest BCUT2D eigenvalue weighted by Crippen LogP contribution is -2.58. The average Bonchev–Trinajstić information content (AvgIpc) is 3.93. The number of carbonyl (C=O) groups is 5. The number of alkyl carbamates (subject to hydrolysis) is 1. The van der Waals surface area contributed by atoms with E-state index in [4.69, 9.17) is 14.2 Å². The second-order valence-electron chi connectivity index (χ2n) is 14.8. The van der Waals surface area contributed by atoms with E-state index in [1.165, 1.54) is 15.9 Å². The summed E-state index contributed by atoms with van der Waals surface area (Å²) in [6.07, 6.45) is 2.07. The van der Waals surface area contributed by atoms with Crippen molar-refractivity contribution in [3.63, 3.8) is 0 Å². The highest BCUT2D eigenvalue weighted by atomic mass is 32.2. The standard InChI is InChI=1S/C34H44FN5O10S/c1-33(2,3)50-31(44)36-26-10-6-14-48-13-5-8-21-16-34(21,30(43)38-51(46,47)23-11-12-23)37-28(41)27-15-22(18-40(27)29(26)42)49-32(45)39-17-20-7-4-9-25(35)24(20)19-39/h4-5,7-9,21-23,26-27H,6,10-19H2,1-3H3,(H,36,44)(H,37,41)(H,38,43)/b8-5-/t21-,22-,26+,27+,34-/m1/s1. The van der Waals surface area contributed by atoms with Gasteiger partial charge in [0.25, 0.3) is 5.91 Å². The van der Waals surface area contributed by atoms with Crippen molar-refractivity contribution in [2.75, 3.05) is 19.8 Å². The van der Waals surface area contributed by atoms with Crippen molar-refractivity contribution in [3.8, 4) is 0 Å². The zero-order valence-electron chi connectivity index (χ0n) is 28.8. The summed E-state index contributed by atoms with van der Waals surface area (Å²) in [6.45, 7) is 5.28. The Balaban J connectivity index is 1.25. The normalized spacial score (nSPS) is 28.9. The Hall–Kier alpha value is -4.25. The van der Waals surface area contributed by atoms with Crippen LogP contribution in [0.2, 0.25) is 0 Å². The van der Waals surface area contributed by atoms with Crippen molar-refractivity contribution in [2.24, 2.45) is 5.92 Å². The fraction of sp³-hybridized carbons (Fsp3) is 0.618. The molecular formula is C34H44FN5O10S. The van der Waals surface area contributed by atoms with E-state index in [9.17, 15) is 36.8 Å². The maximum Gasteiger partial charge on any atom is 0.410 e. The molecule has 5 amide bonds. The lowest BCUT2D eigenvalue weighted by atomic mass is 10.1. The third-order valence-electron chi connectivity index (χ3n) is 9.62. The van der Waals surface area contributed by atoms with Crippen LogP contribution < -0.4 is 15.4 Å². The quantitative estimate of drug-likeness (QED) is 0.378. The van der Waals surface area contributed by atoms with Crippen LogP contribution in [0.1, 0.15) is 70.4 Å². The number of rotatable bonds is 5. The summed E-state index contributed by atoms with van der Waals surface area (Å²) in [5, 5.41) is 4.67. The summed E-state index contributed by atoms with van der Waals surface area (Å²) in [5.41, 5.74) is -1.46. The molecule has 3 heterocycles. The summed E-state index contributed by atoms with van der Waals surface area (Å²) in [7, 11) is -3.94. The molecule has 3 aliphatic heterocycles. The molecule has 51 heavy (non-hydrogen) atoms. The fourth-order valence-electron chi connectivity index (χ4n) is 6.74. The van der Waals surface area contributed by atoms with Crippen LogP contribution >= 0.6 is 0 Å². The molecule has 5 atom stereocenters. The number of benzene rings is 1. The largest absolute Gasteiger partial charge is 0.444 e. The van der Waals surface area contributed by atoms with Gasteiger partial charge in [-0.2, -0.15) is 0 Å². The number of hydrogen-bond acceptors (Lipinski definition) is 10. The van der Waals surface area contributed by atoms with Crippen LogP contribution in [0.3, 0.4) is 0 Å². The molecule has 0 bridgehead atoms. The minimum Gasteiger partial charge on any atom is -0.444 e. The third-order valence-corrected chi connectivity index (χ3v) is 11.4. The molecule has 1 aromatic rings. The molecule has 5 aliphatic rings. The molecule has 17 heteroatoms. The Morgan fingerprint density at radius 1 is 1.12 bits per heavy atom. The molecule has 1 aromatic carbocycles. The van der Waals surface area contributed by atoms with Gasteiger partial charge in [0.05, 0.1) is 24.9 Å². The van der Waals surface area contributed by atoms with Gasteiger partial charge in [-0.25, -0.2) is 22.4 Å². The summed E-state index contributed by atoms with van der Waals surface area (Å²) < 4.78 is 58.8. The first-order valence-corrected chi connectivity index (χ1v) is 18.8. The first-order valence-electron chi connectivity index (χ1n) is 17.2. The van der Waals surface area contributed by atoms with Crippen molar-refractivity contribution in [3.05, 3.63) is 47.3 Å². The van der Waals surface area contributed by atoms with Crippen molar-refractivity contribution in [2.45, 2.75) is 107 Å². The Morgan fingerprint density at radius 3 is 2.59 bits per heavy atom. The van der Waals surface area contributed by atoms with Gasteiger partial charge in [0.2, 0.25) is 21.8 Å². The molecule has 0 radical (unpaired) electrons. The Morgan fingerprint density at radius 2 is 1.88 bits per heavy atom. The Kier molecular flexibility index (Phi) is 10.1. The number of nitrogens with one attached hydrogen (secondary N) is 3. The van der Waals surface area contributed by atoms with E-state index in [0.29, 0.717) is 30.4 Å². The van der Waals surface area contributed by atoms with Gasteiger partial charge < -0.3 is 29.7 Å². The number of ether oxygens (including phenoxy) is 3. The van der Waals surface area contributed by atoms with Crippen molar-refractivity contribution in [1.82, 2.24) is 25.2 Å². The van der Waals surface area contributed by atoms with Gasteiger partial charge in [0.15, 0.2) is 0 Å². The van der Waals surface area contributed by atoms with Gasteiger partial charge in [-0.3, -0.25) is 24.0 Å². The molecule has 2 aliphatic carbocycles. The van der Waals surface area contributed by atoms with Crippen molar-refractivity contribution >= 4 is 39.9 Å². The first kappa shape index (κ1) is 36.5. The molecule has 3 fully saturated rings. The zero-order valence-corrected chi connectivity index (χ0v) is 29.6. The van der Waals surface area contributed by atoms with Gasteiger partial charge in [-0.15, -0.1) is 0 Å². The molecular weight excluding hydrogens is 689 g/mol. The highest BCUT2D eigenvalue weighted by Crippen LogP contribution is 2.46. The SMILES string of the molecule is CC(C)(C)OC(=O)N[C@H]1CCCOC/C=C\[C@@H]2C[C@@]2(C(=O)NS(=O)(=O)C2CC2)NC(=O)[C@@H]2C[C@@H](OC(=O)N3Cc4cccc(F)c4C3)CN2C1=O. The van der Waals surface area contributed by atoms with Crippen molar-refractivity contribution < 1.29 is 51.0 Å². The Labute approximate surface area is 295 Å². The second kappa shape index (κ2) is 14.1. The van der Waals surface area contributed by atoms with Crippen LogP contribution in [0, 0.1) is 11.7 Å². The fourth-order valence-corrected chi connectivity index (χ4v) is 8.10. The number of amides is 5. The summed E-state index contributed by atoms with van der Waals surface area (Å²) in [4.78, 5) is 70.6. The topological polar surface area (TPSA) is 190 Å². The van der Waals surface area contributed by atoms with E-state index in [2.05, 4.69) is 15.4 Å². The maximum atomic E-state index is 14.4. The smallest absolute Gasteiger partial charge is 0.410 e. The van der Waals surface area contributed by atoms with Crippen LogP contribution in [0.4, 0.5) is 14.0 Å². The third kappa shape index (κ3) is 8.29. The maximum absolute atomic E-state index is 14.4. The zero-order chi connectivity index (χ0) is 36.7. The number of hydrogen-bond donors (Lipinski definition) is 3. The van der Waals surface area contributed by atoms with Gasteiger partial charge >= 0.3 is 12.2 Å². The van der Waals surface area contributed by atoms with Crippen LogP contribution in [0.25, 0.3) is 0 Å². The van der Waals surface area contributed by atoms with Gasteiger partial charge in [-0.05, 0) is 64.5 Å². The molecule has 0 spiro atoms. The summed E-state index contributed by atoms with van der Waals surface area (Å²) in [5.74, 6) is -3.28. The lowest BCUT2D eigenvalue weighted by molar-refractivity contribution is -0.141. The van der Waals surface area contributed by atoms with E-state index >= 15 is 0 Å². The number of sulfonamides is 1. The van der Waals surface area contributed by atoms with Crippen LogP contribution in [0.5, 0.6) is 0 Å². The highest BCUT2D eigenvalue weighted by Gasteiger charge is 2.62. The molecule has 0 aromatic heterocycles. The van der Waals surface area contributed by atoms with Crippen LogP contribution in [0.15, 0.2) is 30.4 Å². The monoisotopic (exact) mass is 733 g/mol. The highest BCUT2D eigenvalue weighted by molar-refractivity contribution is 7.91. The molecule has 3 N–H and O–H groups in total. The van der Waals surface area contributed by atoms with Crippen LogP contribution in [-0.2, 0) is 51.7 Å². The van der Waals surface area contributed by atoms with E-state index in [1.807, 2.05) is 0 Å². The second-order valence-corrected chi connectivity index (χ2v) is 16.7. The predicted octanol–water partition coefficient (Wildman–Crippen LogP) is 1.99. The van der Waals surface area contributed by atoms with E-state index in [-0.39, 0.29) is 52.1 Å². The lowest BCUT2D eigenvalue weighted by Gasteiger charge is -2.30. The average molecular weight is 734 g/mol. The number of halogens is 1. The van der Waals surface area contributed by atoms with E-state index in [1.54, 1.807) is 45.1 Å². The van der Waals surface area contributed by atoms with E-state index < -0.39 is 86.2 Å². The van der Waals surface area contributed by atoms with Gasteiger partial charge in [-0.1, -0.05) is 24.3 Å². The number of carbonyl (C=O) groups excluding carboxylic acids is 5. The summed E-state index contributed by atoms with van der Waals surface area (Å²) >= 11 is 0. The molecule has 2 saturated carbocycles. The number of nitrogens with zero attached hydrogens (tertiary/aromatic N) is 2. The summed E-state index contributed by atoms with van der Waals surface area (Å²) in [6, 6.07) is 2.16. The van der Waals surface area contributed by atoms with E-state index in [0.717, 1.165) is 0 Å². The molecule has 6 rings (SSSR count). The first-order chi connectivity index (χ1) is 24.1. The molecule has 1 saturated heterocycles. The van der Waals surface area contributed by atoms with Crippen LogP contribution in [-0.4, -0.2) is 102 Å². The molecule has 15 nitrogen and oxygen atoms in total.